The van der Waals surface area contributed by atoms with Crippen molar-refractivity contribution in [1.82, 2.24) is 24.8 Å². The number of aromatic nitrogens is 3. The monoisotopic (exact) mass is 677 g/mol. The molecule has 2 fully saturated rings. The second kappa shape index (κ2) is 12.9. The van der Waals surface area contributed by atoms with E-state index in [9.17, 15) is 15.0 Å². The molecule has 0 spiro atoms. The lowest BCUT2D eigenvalue weighted by Crippen LogP contribution is -2.26. The summed E-state index contributed by atoms with van der Waals surface area (Å²) in [7, 11) is 1.60. The Morgan fingerprint density at radius 2 is 1.74 bits per heavy atom. The van der Waals surface area contributed by atoms with E-state index in [1.807, 2.05) is 37.3 Å². The molecule has 4 heterocycles. The third-order valence-electron chi connectivity index (χ3n) is 10.9. The molecule has 0 amide bonds. The second-order valence-electron chi connectivity index (χ2n) is 13.8. The molecule has 11 heteroatoms. The van der Waals surface area contributed by atoms with E-state index in [4.69, 9.17) is 24.1 Å². The maximum atomic E-state index is 16.0. The van der Waals surface area contributed by atoms with Crippen LogP contribution in [0.15, 0.2) is 53.1 Å². The number of halogens is 1. The summed E-state index contributed by atoms with van der Waals surface area (Å²) in [5.41, 5.74) is 9.31. The highest BCUT2D eigenvalue weighted by atomic mass is 19.1. The van der Waals surface area contributed by atoms with Gasteiger partial charge in [-0.05, 0) is 91.6 Å². The third-order valence-corrected chi connectivity index (χ3v) is 10.9. The zero-order valence-corrected chi connectivity index (χ0v) is 28.4. The number of β-amino-alcohol motifs (C(OH)–C–C–N with tert-alkyl or cyclic N) is 1. The molecule has 2 N–H and O–H groups in total. The molecule has 3 aliphatic rings. The smallest absolute Gasteiger partial charge is 0.307 e. The van der Waals surface area contributed by atoms with E-state index in [2.05, 4.69) is 28.9 Å². The number of rotatable bonds is 8. The minimum atomic E-state index is -0.772. The van der Waals surface area contributed by atoms with Gasteiger partial charge in [-0.1, -0.05) is 30.3 Å². The second-order valence-corrected chi connectivity index (χ2v) is 13.8. The Hall–Kier alpha value is -4.71. The number of nitrogens with zero attached hydrogens (tertiary/aromatic N) is 5. The van der Waals surface area contributed by atoms with Crippen molar-refractivity contribution >= 4 is 17.1 Å². The number of oxazole rings is 1. The summed E-state index contributed by atoms with van der Waals surface area (Å²) < 4.78 is 27.8. The average molecular weight is 678 g/mol. The molecule has 50 heavy (non-hydrogen) atoms. The molecule has 1 aliphatic carbocycles. The van der Waals surface area contributed by atoms with Crippen molar-refractivity contribution in [3.63, 3.8) is 0 Å². The average Bonchev–Trinajstić information content (AvgIpc) is 3.92. The molecule has 0 bridgehead atoms. The standard InChI is InChI=1S/C39H40FN5O5/c1-21-25(6-4-8-27(21)32-17-41-33(38(43-32)49-3)20-44-14-13-24(46)19-44)26-7-5-9-28(22(26)2)37-42-31-16-30-29(35(40)36(31)50-37)10-11-34(30)45-15-12-23(18-45)39(47)48/h4-9,16-17,23-24,34,46H,10-15,18-20H2,1-3H3,(H,47,48)/t23-,24-,34-/m1/s1. The van der Waals surface area contributed by atoms with E-state index in [0.717, 1.165) is 64.0 Å². The molecule has 8 rings (SSSR count). The number of carboxylic acid groups (broad SMARTS) is 1. The zero-order chi connectivity index (χ0) is 34.7. The number of aliphatic hydroxyl groups excluding tert-OH is 1. The molecule has 0 saturated carbocycles. The Kier molecular flexibility index (Phi) is 8.37. The Labute approximate surface area is 289 Å². The number of carboxylic acids is 1. The normalized spacial score (nSPS) is 20.9. The van der Waals surface area contributed by atoms with Crippen LogP contribution in [0, 0.1) is 25.6 Å². The maximum absolute atomic E-state index is 16.0. The van der Waals surface area contributed by atoms with E-state index in [-0.39, 0.29) is 29.5 Å². The van der Waals surface area contributed by atoms with Gasteiger partial charge >= 0.3 is 5.97 Å². The van der Waals surface area contributed by atoms with Crippen LogP contribution in [-0.2, 0) is 17.8 Å². The molecule has 5 aromatic rings. The highest BCUT2D eigenvalue weighted by molar-refractivity contribution is 5.84. The molecule has 3 atom stereocenters. The van der Waals surface area contributed by atoms with Gasteiger partial charge in [-0.15, -0.1) is 0 Å². The van der Waals surface area contributed by atoms with Crippen LogP contribution >= 0.6 is 0 Å². The fraction of sp³-hybridized carbons (Fsp3) is 0.385. The largest absolute Gasteiger partial charge is 0.481 e. The van der Waals surface area contributed by atoms with E-state index >= 15 is 4.39 Å². The number of fused-ring (bicyclic) bond motifs is 2. The van der Waals surface area contributed by atoms with Crippen molar-refractivity contribution in [2.45, 2.75) is 58.2 Å². The number of carbonyl (C=O) groups is 1. The first-order chi connectivity index (χ1) is 24.2. The number of hydrogen-bond donors (Lipinski definition) is 2. The van der Waals surface area contributed by atoms with Gasteiger partial charge < -0.3 is 19.4 Å². The Balaban J connectivity index is 1.11. The fourth-order valence-corrected chi connectivity index (χ4v) is 8.17. The summed E-state index contributed by atoms with van der Waals surface area (Å²) in [6, 6.07) is 14.0. The fourth-order valence-electron chi connectivity index (χ4n) is 8.17. The molecule has 258 valence electrons. The summed E-state index contributed by atoms with van der Waals surface area (Å²) in [5.74, 6) is -0.700. The Morgan fingerprint density at radius 1 is 1.00 bits per heavy atom. The summed E-state index contributed by atoms with van der Waals surface area (Å²) in [6.07, 6.45) is 4.17. The molecule has 3 aromatic carbocycles. The van der Waals surface area contributed by atoms with Crippen LogP contribution in [-0.4, -0.2) is 80.3 Å². The number of benzene rings is 3. The number of hydrogen-bond acceptors (Lipinski definition) is 9. The summed E-state index contributed by atoms with van der Waals surface area (Å²) >= 11 is 0. The lowest BCUT2D eigenvalue weighted by atomic mass is 9.90. The number of aliphatic hydroxyl groups is 1. The number of likely N-dealkylation sites (tertiary alicyclic amines) is 2. The molecule has 2 saturated heterocycles. The summed E-state index contributed by atoms with van der Waals surface area (Å²) in [5, 5.41) is 19.4. The van der Waals surface area contributed by atoms with Crippen molar-refractivity contribution < 1.29 is 28.6 Å². The predicted molar refractivity (Wildman–Crippen MR) is 186 cm³/mol. The van der Waals surface area contributed by atoms with Gasteiger partial charge in [0, 0.05) is 43.3 Å². The SMILES string of the molecule is COc1nc(-c2cccc(-c3cccc(-c4nc5cc6c(c(F)c5o4)CC[C@H]6N4CC[C@@H](C(=O)O)C4)c3C)c2C)cnc1CN1CC[C@@H](O)C1. The van der Waals surface area contributed by atoms with Crippen molar-refractivity contribution in [1.29, 1.82) is 0 Å². The molecule has 2 aromatic heterocycles. The topological polar surface area (TPSA) is 125 Å². The van der Waals surface area contributed by atoms with Crippen LogP contribution < -0.4 is 4.74 Å². The Bertz CT molecular complexity index is 2130. The first-order valence-electron chi connectivity index (χ1n) is 17.3. The van der Waals surface area contributed by atoms with Crippen LogP contribution in [0.4, 0.5) is 4.39 Å². The highest BCUT2D eigenvalue weighted by Gasteiger charge is 2.38. The molecular formula is C39H40FN5O5. The molecule has 0 radical (unpaired) electrons. The number of ether oxygens (including phenoxy) is 1. The minimum Gasteiger partial charge on any atom is -0.481 e. The molecule has 0 unspecified atom stereocenters. The van der Waals surface area contributed by atoms with Gasteiger partial charge in [-0.2, -0.15) is 0 Å². The van der Waals surface area contributed by atoms with Gasteiger partial charge in [0.25, 0.3) is 0 Å². The maximum Gasteiger partial charge on any atom is 0.307 e. The van der Waals surface area contributed by atoms with Crippen LogP contribution in [0.2, 0.25) is 0 Å². The number of aliphatic carboxylic acids is 1. The van der Waals surface area contributed by atoms with Gasteiger partial charge in [0.1, 0.15) is 11.2 Å². The van der Waals surface area contributed by atoms with E-state index in [1.165, 1.54) is 0 Å². The van der Waals surface area contributed by atoms with Crippen molar-refractivity contribution in [3.05, 3.63) is 82.4 Å². The first kappa shape index (κ1) is 32.5. The first-order valence-corrected chi connectivity index (χ1v) is 17.3. The van der Waals surface area contributed by atoms with Crippen LogP contribution in [0.5, 0.6) is 5.88 Å². The summed E-state index contributed by atoms with van der Waals surface area (Å²) in [6.45, 7) is 7.24. The van der Waals surface area contributed by atoms with E-state index < -0.39 is 5.97 Å². The third kappa shape index (κ3) is 5.63. The lowest BCUT2D eigenvalue weighted by Gasteiger charge is -2.24. The number of methoxy groups -OCH3 is 1. The Morgan fingerprint density at radius 3 is 2.44 bits per heavy atom. The summed E-state index contributed by atoms with van der Waals surface area (Å²) in [4.78, 5) is 30.3. The van der Waals surface area contributed by atoms with Crippen LogP contribution in [0.1, 0.15) is 53.3 Å². The van der Waals surface area contributed by atoms with Gasteiger partial charge in [0.2, 0.25) is 11.8 Å². The quantitative estimate of drug-likeness (QED) is 0.192. The highest BCUT2D eigenvalue weighted by Crippen LogP contribution is 2.43. The van der Waals surface area contributed by atoms with E-state index in [0.29, 0.717) is 67.6 Å². The zero-order valence-electron chi connectivity index (χ0n) is 28.4. The predicted octanol–water partition coefficient (Wildman–Crippen LogP) is 6.34. The van der Waals surface area contributed by atoms with Gasteiger partial charge in [-0.3, -0.25) is 19.6 Å². The lowest BCUT2D eigenvalue weighted by molar-refractivity contribution is -0.141. The van der Waals surface area contributed by atoms with Crippen LogP contribution in [0.3, 0.4) is 0 Å². The molecular weight excluding hydrogens is 637 g/mol. The van der Waals surface area contributed by atoms with Gasteiger partial charge in [-0.25, -0.2) is 14.4 Å². The molecule has 10 nitrogen and oxygen atoms in total. The van der Waals surface area contributed by atoms with Crippen molar-refractivity contribution in [2.75, 3.05) is 33.3 Å². The van der Waals surface area contributed by atoms with E-state index in [1.54, 1.807) is 13.3 Å². The minimum absolute atomic E-state index is 0.0197. The van der Waals surface area contributed by atoms with Crippen LogP contribution in [0.25, 0.3) is 44.9 Å². The van der Waals surface area contributed by atoms with Gasteiger partial charge in [0.15, 0.2) is 11.4 Å². The van der Waals surface area contributed by atoms with Crippen molar-refractivity contribution in [3.8, 4) is 39.7 Å². The van der Waals surface area contributed by atoms with Gasteiger partial charge in [0.05, 0.1) is 31.0 Å². The molecule has 2 aliphatic heterocycles. The van der Waals surface area contributed by atoms with Crippen molar-refractivity contribution in [2.24, 2.45) is 5.92 Å².